The molecule has 2 saturated heterocycles. The van der Waals surface area contributed by atoms with Gasteiger partial charge in [-0.25, -0.2) is 0 Å². The summed E-state index contributed by atoms with van der Waals surface area (Å²) in [7, 11) is 0. The van der Waals surface area contributed by atoms with E-state index in [-0.39, 0.29) is 5.28 Å². The minimum Gasteiger partial charge on any atom is -0.370 e. The molecule has 0 saturated carbocycles. The van der Waals surface area contributed by atoms with Crippen LogP contribution in [0.3, 0.4) is 0 Å². The molecule has 8 heteroatoms. The highest BCUT2D eigenvalue weighted by Crippen LogP contribution is 2.18. The van der Waals surface area contributed by atoms with Crippen molar-refractivity contribution in [1.82, 2.24) is 15.0 Å². The van der Waals surface area contributed by atoms with Crippen molar-refractivity contribution in [1.29, 1.82) is 0 Å². The van der Waals surface area contributed by atoms with Crippen LogP contribution in [-0.2, 0) is 4.74 Å². The molecule has 0 aromatic carbocycles. The number of hydrogen-bond donors (Lipinski definition) is 2. The Morgan fingerprint density at radius 3 is 2.64 bits per heavy atom. The fourth-order valence-electron chi connectivity index (χ4n) is 2.92. The van der Waals surface area contributed by atoms with Crippen molar-refractivity contribution in [3.05, 3.63) is 5.28 Å². The average Bonchev–Trinajstić information content (AvgIpc) is 2.56. The van der Waals surface area contributed by atoms with Gasteiger partial charge >= 0.3 is 0 Å². The molecule has 7 nitrogen and oxygen atoms in total. The van der Waals surface area contributed by atoms with Gasteiger partial charge in [-0.1, -0.05) is 0 Å². The first-order valence-corrected chi connectivity index (χ1v) is 8.51. The summed E-state index contributed by atoms with van der Waals surface area (Å²) < 4.78 is 5.37. The van der Waals surface area contributed by atoms with Crippen molar-refractivity contribution in [2.24, 2.45) is 0 Å². The fourth-order valence-corrected chi connectivity index (χ4v) is 3.07. The zero-order valence-corrected chi connectivity index (χ0v) is 13.6. The van der Waals surface area contributed by atoms with E-state index in [4.69, 9.17) is 16.3 Å². The highest BCUT2D eigenvalue weighted by atomic mass is 35.5. The summed E-state index contributed by atoms with van der Waals surface area (Å²) in [6, 6.07) is 0. The third-order valence-corrected chi connectivity index (χ3v) is 4.37. The van der Waals surface area contributed by atoms with E-state index < -0.39 is 0 Å². The number of piperidine rings is 1. The molecule has 0 spiro atoms. The van der Waals surface area contributed by atoms with Gasteiger partial charge in [0.25, 0.3) is 0 Å². The highest BCUT2D eigenvalue weighted by molar-refractivity contribution is 6.28. The smallest absolute Gasteiger partial charge is 0.231 e. The number of nitrogens with one attached hydrogen (secondary N) is 2. The van der Waals surface area contributed by atoms with Gasteiger partial charge in [0.15, 0.2) is 0 Å². The average molecular weight is 328 g/mol. The first-order valence-electron chi connectivity index (χ1n) is 8.13. The van der Waals surface area contributed by atoms with Crippen LogP contribution in [0.15, 0.2) is 0 Å². The molecule has 0 unspecified atom stereocenters. The molecule has 2 aliphatic rings. The van der Waals surface area contributed by atoms with Gasteiger partial charge < -0.3 is 19.9 Å². The van der Waals surface area contributed by atoms with Gasteiger partial charge in [-0.15, -0.1) is 0 Å². The second-order valence-electron chi connectivity index (χ2n) is 5.81. The molecular formula is C14H24ClN6O+. The fraction of sp³-hybridized carbons (Fsp3) is 0.786. The Morgan fingerprint density at radius 2 is 1.86 bits per heavy atom. The quantitative estimate of drug-likeness (QED) is 0.783. The third kappa shape index (κ3) is 4.41. The minimum atomic E-state index is 0.261. The first kappa shape index (κ1) is 15.7. The van der Waals surface area contributed by atoms with Crippen LogP contribution in [-0.4, -0.2) is 67.4 Å². The van der Waals surface area contributed by atoms with Gasteiger partial charge in [-0.05, 0) is 30.9 Å². The van der Waals surface area contributed by atoms with Crippen LogP contribution in [0.25, 0.3) is 0 Å². The number of ether oxygens (including phenoxy) is 1. The molecule has 0 aliphatic carbocycles. The number of quaternary nitrogens is 1. The van der Waals surface area contributed by atoms with Crippen molar-refractivity contribution < 1.29 is 9.64 Å². The molecule has 1 aromatic heterocycles. The molecular weight excluding hydrogens is 304 g/mol. The van der Waals surface area contributed by atoms with Crippen molar-refractivity contribution in [2.75, 3.05) is 62.7 Å². The van der Waals surface area contributed by atoms with Crippen molar-refractivity contribution in [3.63, 3.8) is 0 Å². The number of rotatable bonds is 5. The lowest BCUT2D eigenvalue weighted by atomic mass is 10.1. The van der Waals surface area contributed by atoms with Gasteiger partial charge in [0, 0.05) is 13.1 Å². The van der Waals surface area contributed by atoms with Crippen LogP contribution in [0.5, 0.6) is 0 Å². The maximum absolute atomic E-state index is 6.05. The van der Waals surface area contributed by atoms with Crippen molar-refractivity contribution >= 4 is 23.5 Å². The molecule has 0 bridgehead atoms. The van der Waals surface area contributed by atoms with E-state index in [0.717, 1.165) is 52.5 Å². The van der Waals surface area contributed by atoms with E-state index in [9.17, 15) is 0 Å². The molecule has 2 fully saturated rings. The maximum Gasteiger partial charge on any atom is 0.231 e. The van der Waals surface area contributed by atoms with Crippen LogP contribution in [0.1, 0.15) is 19.3 Å². The zero-order chi connectivity index (χ0) is 15.2. The molecule has 22 heavy (non-hydrogen) atoms. The number of hydrogen-bond acceptors (Lipinski definition) is 6. The molecule has 3 rings (SSSR count). The number of halogens is 1. The van der Waals surface area contributed by atoms with Gasteiger partial charge in [-0.3, -0.25) is 0 Å². The van der Waals surface area contributed by atoms with E-state index in [2.05, 4.69) is 25.2 Å². The monoisotopic (exact) mass is 327 g/mol. The predicted octanol–water partition coefficient (Wildman–Crippen LogP) is -0.158. The molecule has 2 N–H and O–H groups in total. The normalized spacial score (nSPS) is 20.1. The van der Waals surface area contributed by atoms with Crippen molar-refractivity contribution in [2.45, 2.75) is 19.3 Å². The molecule has 0 atom stereocenters. The summed E-state index contributed by atoms with van der Waals surface area (Å²) in [5.74, 6) is 1.27. The van der Waals surface area contributed by atoms with Gasteiger partial charge in [-0.2, -0.15) is 15.0 Å². The van der Waals surface area contributed by atoms with Crippen LogP contribution in [0, 0.1) is 0 Å². The number of aromatic nitrogens is 3. The van der Waals surface area contributed by atoms with E-state index in [1.807, 2.05) is 0 Å². The Labute approximate surface area is 136 Å². The van der Waals surface area contributed by atoms with Crippen LogP contribution >= 0.6 is 11.6 Å². The van der Waals surface area contributed by atoms with Crippen molar-refractivity contribution in [3.8, 4) is 0 Å². The molecule has 3 heterocycles. The van der Waals surface area contributed by atoms with Gasteiger partial charge in [0.1, 0.15) is 13.1 Å². The predicted molar refractivity (Wildman–Crippen MR) is 85.8 cm³/mol. The molecule has 2 aliphatic heterocycles. The lowest BCUT2D eigenvalue weighted by molar-refractivity contribution is -0.906. The van der Waals surface area contributed by atoms with Crippen LogP contribution < -0.4 is 15.1 Å². The van der Waals surface area contributed by atoms with Crippen LogP contribution in [0.4, 0.5) is 11.9 Å². The summed E-state index contributed by atoms with van der Waals surface area (Å²) in [6.07, 6.45) is 3.65. The first-order chi connectivity index (χ1) is 10.8. The number of nitrogens with zero attached hydrogens (tertiary/aromatic N) is 4. The minimum absolute atomic E-state index is 0.261. The van der Waals surface area contributed by atoms with Gasteiger partial charge in [0.05, 0.1) is 26.3 Å². The van der Waals surface area contributed by atoms with Gasteiger partial charge in [0.2, 0.25) is 17.2 Å². The Morgan fingerprint density at radius 1 is 1.09 bits per heavy atom. The molecule has 0 amide bonds. The standard InChI is InChI=1S/C14H23ClN6O/c15-12-17-13(16-4-7-20-8-10-22-11-9-20)19-14(18-12)21-5-2-1-3-6-21/h1-11H2,(H,16,17,18,19)/p+1. The summed E-state index contributed by atoms with van der Waals surface area (Å²) in [4.78, 5) is 16.7. The largest absolute Gasteiger partial charge is 0.370 e. The highest BCUT2D eigenvalue weighted by Gasteiger charge is 2.16. The summed E-state index contributed by atoms with van der Waals surface area (Å²) >= 11 is 6.05. The maximum atomic E-state index is 6.05. The summed E-state index contributed by atoms with van der Waals surface area (Å²) in [5, 5.41) is 3.54. The number of anilines is 2. The Bertz CT molecular complexity index is 476. The number of morpholine rings is 1. The second kappa shape index (κ2) is 7.89. The Hall–Kier alpha value is -1.18. The van der Waals surface area contributed by atoms with E-state index in [0.29, 0.717) is 11.9 Å². The Balaban J connectivity index is 1.54. The lowest BCUT2D eigenvalue weighted by Gasteiger charge is -2.26. The van der Waals surface area contributed by atoms with Crippen LogP contribution in [0.2, 0.25) is 5.28 Å². The van der Waals surface area contributed by atoms with E-state index in [1.54, 1.807) is 4.90 Å². The summed E-state index contributed by atoms with van der Waals surface area (Å²) in [5.41, 5.74) is 0. The summed E-state index contributed by atoms with van der Waals surface area (Å²) in [6.45, 7) is 7.70. The van der Waals surface area contributed by atoms with E-state index in [1.165, 1.54) is 19.3 Å². The zero-order valence-electron chi connectivity index (χ0n) is 12.9. The SMILES string of the molecule is Clc1nc(NCC[NH+]2CCOCC2)nc(N2CCCCC2)n1. The third-order valence-electron chi connectivity index (χ3n) is 4.20. The second-order valence-corrected chi connectivity index (χ2v) is 6.15. The molecule has 122 valence electrons. The Kier molecular flexibility index (Phi) is 5.64. The van der Waals surface area contributed by atoms with E-state index >= 15 is 0 Å². The topological polar surface area (TPSA) is 67.6 Å². The molecule has 0 radical (unpaired) electrons. The molecule has 1 aromatic rings. The lowest BCUT2D eigenvalue weighted by Crippen LogP contribution is -3.14.